The second kappa shape index (κ2) is 9.56. The average molecular weight is 411 g/mol. The fourth-order valence-electron chi connectivity index (χ4n) is 3.23. The van der Waals surface area contributed by atoms with Crippen molar-refractivity contribution in [1.29, 1.82) is 0 Å². The second-order valence-corrected chi connectivity index (χ2v) is 7.77. The second-order valence-electron chi connectivity index (χ2n) is 6.92. The number of aromatic nitrogens is 1. The van der Waals surface area contributed by atoms with E-state index in [1.165, 1.54) is 5.56 Å². The van der Waals surface area contributed by atoms with Gasteiger partial charge in [-0.15, -0.1) is 11.3 Å². The third-order valence-corrected chi connectivity index (χ3v) is 5.58. The molecule has 1 heterocycles. The Morgan fingerprint density at radius 3 is 2.55 bits per heavy atom. The molecule has 1 unspecified atom stereocenters. The summed E-state index contributed by atoms with van der Waals surface area (Å²) < 4.78 is 10.9. The Hall–Kier alpha value is -2.86. The van der Waals surface area contributed by atoms with Crippen LogP contribution in [0.5, 0.6) is 11.5 Å². The van der Waals surface area contributed by atoms with Gasteiger partial charge in [0.2, 0.25) is 5.91 Å². The Morgan fingerprint density at radius 1 is 1.14 bits per heavy atom. The van der Waals surface area contributed by atoms with Crippen LogP contribution in [0, 0.1) is 0 Å². The first kappa shape index (κ1) is 20.9. The number of aryl methyl sites for hydroxylation is 1. The van der Waals surface area contributed by atoms with Gasteiger partial charge in [-0.3, -0.25) is 4.79 Å². The third kappa shape index (κ3) is 5.15. The molecule has 0 bridgehead atoms. The predicted octanol–water partition coefficient (Wildman–Crippen LogP) is 4.95. The van der Waals surface area contributed by atoms with Crippen LogP contribution in [0.25, 0.3) is 21.8 Å². The number of carbonyl (C=O) groups is 1. The zero-order chi connectivity index (χ0) is 20.8. The zero-order valence-electron chi connectivity index (χ0n) is 17.2. The first-order valence-electron chi connectivity index (χ1n) is 9.55. The van der Waals surface area contributed by atoms with E-state index in [1.54, 1.807) is 32.5 Å². The van der Waals surface area contributed by atoms with Gasteiger partial charge in [-0.2, -0.15) is 0 Å². The van der Waals surface area contributed by atoms with Gasteiger partial charge in [0.05, 0.1) is 25.5 Å². The molecule has 3 aromatic rings. The summed E-state index contributed by atoms with van der Waals surface area (Å²) in [5.41, 5.74) is 4.18. The summed E-state index contributed by atoms with van der Waals surface area (Å²) in [6, 6.07) is 14.4. The molecule has 152 valence electrons. The van der Waals surface area contributed by atoms with Crippen LogP contribution in [0.3, 0.4) is 0 Å². The van der Waals surface area contributed by atoms with Gasteiger partial charge < -0.3 is 14.8 Å². The maximum absolute atomic E-state index is 11.1. The van der Waals surface area contributed by atoms with Gasteiger partial charge in [-0.1, -0.05) is 30.3 Å². The third-order valence-electron chi connectivity index (χ3n) is 4.70. The highest BCUT2D eigenvalue weighted by atomic mass is 32.1. The largest absolute Gasteiger partial charge is 0.493 e. The van der Waals surface area contributed by atoms with Gasteiger partial charge >= 0.3 is 0 Å². The van der Waals surface area contributed by atoms with Gasteiger partial charge in [-0.25, -0.2) is 4.98 Å². The van der Waals surface area contributed by atoms with E-state index in [4.69, 9.17) is 14.5 Å². The molecular formula is C23H26N2O3S. The molecule has 0 radical (unpaired) electrons. The van der Waals surface area contributed by atoms with Crippen molar-refractivity contribution in [1.82, 2.24) is 10.3 Å². The molecule has 6 heteroatoms. The highest BCUT2D eigenvalue weighted by Gasteiger charge is 2.15. The van der Waals surface area contributed by atoms with Gasteiger partial charge in [-0.05, 0) is 37.5 Å². The fraction of sp³-hybridized carbons (Fsp3) is 0.304. The number of rotatable bonds is 8. The monoisotopic (exact) mass is 410 g/mol. The molecule has 0 fully saturated rings. The number of hydrogen-bond acceptors (Lipinski definition) is 5. The topological polar surface area (TPSA) is 60.5 Å². The maximum Gasteiger partial charge on any atom is 0.217 e. The maximum atomic E-state index is 11.1. The van der Waals surface area contributed by atoms with Gasteiger partial charge in [0.1, 0.15) is 5.01 Å². The van der Waals surface area contributed by atoms with Crippen LogP contribution < -0.4 is 14.8 Å². The van der Waals surface area contributed by atoms with Crippen LogP contribution in [-0.4, -0.2) is 31.2 Å². The fourth-order valence-corrected chi connectivity index (χ4v) is 4.08. The Morgan fingerprint density at radius 2 is 1.90 bits per heavy atom. The predicted molar refractivity (Wildman–Crippen MR) is 118 cm³/mol. The van der Waals surface area contributed by atoms with Crippen LogP contribution in [0.4, 0.5) is 0 Å². The number of methoxy groups -OCH3 is 2. The number of nitrogens with zero attached hydrogens (tertiary/aromatic N) is 1. The molecule has 1 N–H and O–H groups in total. The minimum Gasteiger partial charge on any atom is -0.493 e. The first-order valence-corrected chi connectivity index (χ1v) is 10.4. The molecule has 0 aliphatic heterocycles. The van der Waals surface area contributed by atoms with Crippen molar-refractivity contribution in [3.63, 3.8) is 0 Å². The van der Waals surface area contributed by atoms with Crippen molar-refractivity contribution in [2.24, 2.45) is 0 Å². The van der Waals surface area contributed by atoms with E-state index < -0.39 is 0 Å². The van der Waals surface area contributed by atoms with E-state index in [2.05, 4.69) is 35.0 Å². The molecule has 1 atom stereocenters. The number of ether oxygens (including phenoxy) is 2. The molecule has 1 aromatic heterocycles. The molecule has 0 spiro atoms. The van der Waals surface area contributed by atoms with Crippen molar-refractivity contribution < 1.29 is 14.3 Å². The molecule has 1 amide bonds. The lowest BCUT2D eigenvalue weighted by molar-refractivity contribution is -0.119. The first-order chi connectivity index (χ1) is 14.0. The Bertz CT molecular complexity index is 967. The van der Waals surface area contributed by atoms with E-state index in [-0.39, 0.29) is 11.9 Å². The molecule has 2 aromatic carbocycles. The molecule has 0 aliphatic carbocycles. The van der Waals surface area contributed by atoms with Gasteiger partial charge in [0.15, 0.2) is 11.5 Å². The van der Waals surface area contributed by atoms with E-state index in [0.29, 0.717) is 11.5 Å². The number of para-hydroxylation sites is 1. The highest BCUT2D eigenvalue weighted by Crippen LogP contribution is 2.40. The number of thiazole rings is 1. The molecule has 0 aliphatic rings. The van der Waals surface area contributed by atoms with Crippen LogP contribution in [0.2, 0.25) is 0 Å². The quantitative estimate of drug-likeness (QED) is 0.571. The number of carbonyl (C=O) groups excluding carboxylic acids is 1. The molecular weight excluding hydrogens is 384 g/mol. The van der Waals surface area contributed by atoms with Crippen molar-refractivity contribution in [3.05, 3.63) is 53.4 Å². The minimum atomic E-state index is 0.0138. The minimum absolute atomic E-state index is 0.0138. The lowest BCUT2D eigenvalue weighted by Crippen LogP contribution is -2.30. The van der Waals surface area contributed by atoms with Crippen molar-refractivity contribution in [2.75, 3.05) is 14.2 Å². The van der Waals surface area contributed by atoms with E-state index in [1.807, 2.05) is 25.1 Å². The molecule has 0 saturated heterocycles. The summed E-state index contributed by atoms with van der Waals surface area (Å²) in [7, 11) is 3.27. The molecule has 0 saturated carbocycles. The molecule has 3 rings (SSSR count). The van der Waals surface area contributed by atoms with Crippen LogP contribution in [0.15, 0.2) is 47.8 Å². The number of nitrogens with one attached hydrogen (secondary N) is 1. The standard InChI is InChI=1S/C23H26N2O3S/c1-15(24-16(2)26)8-9-17-10-12-18(13-11-17)20-14-29-23(25-20)19-6-5-7-21(27-3)22(19)28-4/h5-7,10-15H,8-9H2,1-4H3,(H,24,26). The van der Waals surface area contributed by atoms with Crippen LogP contribution in [0.1, 0.15) is 25.8 Å². The van der Waals surface area contributed by atoms with Crippen molar-refractivity contribution in [3.8, 4) is 33.3 Å². The summed E-state index contributed by atoms with van der Waals surface area (Å²) in [6.07, 6.45) is 1.83. The lowest BCUT2D eigenvalue weighted by Gasteiger charge is -2.12. The number of benzene rings is 2. The van der Waals surface area contributed by atoms with Gasteiger partial charge in [0, 0.05) is 23.9 Å². The molecule has 5 nitrogen and oxygen atoms in total. The summed E-state index contributed by atoms with van der Waals surface area (Å²) in [6.45, 7) is 3.58. The SMILES string of the molecule is COc1cccc(-c2nc(-c3ccc(CCC(C)NC(C)=O)cc3)cs2)c1OC. The smallest absolute Gasteiger partial charge is 0.217 e. The van der Waals surface area contributed by atoms with Crippen molar-refractivity contribution in [2.45, 2.75) is 32.7 Å². The summed E-state index contributed by atoms with van der Waals surface area (Å²) >= 11 is 1.58. The molecule has 29 heavy (non-hydrogen) atoms. The summed E-state index contributed by atoms with van der Waals surface area (Å²) in [5, 5.41) is 5.87. The van der Waals surface area contributed by atoms with Crippen LogP contribution >= 0.6 is 11.3 Å². The number of hydrogen-bond donors (Lipinski definition) is 1. The average Bonchev–Trinajstić information content (AvgIpc) is 3.21. The van der Waals surface area contributed by atoms with Gasteiger partial charge in [0.25, 0.3) is 0 Å². The van der Waals surface area contributed by atoms with Crippen molar-refractivity contribution >= 4 is 17.2 Å². The van der Waals surface area contributed by atoms with Crippen LogP contribution in [-0.2, 0) is 11.2 Å². The zero-order valence-corrected chi connectivity index (χ0v) is 18.0. The summed E-state index contributed by atoms with van der Waals surface area (Å²) in [4.78, 5) is 15.9. The normalized spacial score (nSPS) is 11.7. The van der Waals surface area contributed by atoms with E-state index in [9.17, 15) is 4.79 Å². The Balaban J connectivity index is 1.73. The Labute approximate surface area is 175 Å². The van der Waals surface area contributed by atoms with E-state index in [0.717, 1.165) is 34.7 Å². The number of amides is 1. The highest BCUT2D eigenvalue weighted by molar-refractivity contribution is 7.13. The van der Waals surface area contributed by atoms with E-state index >= 15 is 0 Å². The Kier molecular flexibility index (Phi) is 6.88. The summed E-state index contributed by atoms with van der Waals surface area (Å²) in [5.74, 6) is 1.40. The lowest BCUT2D eigenvalue weighted by atomic mass is 10.0.